The molecule has 4 rings (SSSR count). The zero-order valence-corrected chi connectivity index (χ0v) is 22.2. The van der Waals surface area contributed by atoms with Crippen molar-refractivity contribution in [2.75, 3.05) is 33.8 Å². The SMILES string of the molecule is CN(C)C(=O)c1ccc(OCC2(CC3CCN(C(=O)C(O)(c4ccccc4)C(F)(F)F)CC3)CC2)cc1Cl. The van der Waals surface area contributed by atoms with Crippen molar-refractivity contribution in [1.82, 2.24) is 9.80 Å². The van der Waals surface area contributed by atoms with Gasteiger partial charge in [0.25, 0.3) is 17.4 Å². The number of amides is 2. The van der Waals surface area contributed by atoms with Crippen LogP contribution in [0.25, 0.3) is 0 Å². The topological polar surface area (TPSA) is 70.1 Å². The van der Waals surface area contributed by atoms with Crippen molar-refractivity contribution in [3.8, 4) is 5.75 Å². The van der Waals surface area contributed by atoms with Crippen molar-refractivity contribution >= 4 is 23.4 Å². The summed E-state index contributed by atoms with van der Waals surface area (Å²) in [4.78, 5) is 27.7. The molecule has 1 saturated heterocycles. The lowest BCUT2D eigenvalue weighted by Crippen LogP contribution is -2.57. The Hall–Kier alpha value is -2.78. The van der Waals surface area contributed by atoms with Crippen LogP contribution in [-0.2, 0) is 10.4 Å². The first-order chi connectivity index (χ1) is 17.9. The summed E-state index contributed by atoms with van der Waals surface area (Å²) in [6, 6.07) is 11.5. The van der Waals surface area contributed by atoms with Crippen LogP contribution in [0.3, 0.4) is 0 Å². The molecule has 0 aromatic heterocycles. The number of halogens is 4. The van der Waals surface area contributed by atoms with Gasteiger partial charge in [0.2, 0.25) is 0 Å². The fraction of sp³-hybridized carbons (Fsp3) is 0.500. The number of benzene rings is 2. The van der Waals surface area contributed by atoms with Crippen LogP contribution in [0, 0.1) is 11.3 Å². The number of alkyl halides is 3. The predicted octanol–water partition coefficient (Wildman–Crippen LogP) is 5.28. The molecule has 0 spiro atoms. The summed E-state index contributed by atoms with van der Waals surface area (Å²) in [5.41, 5.74) is -3.66. The van der Waals surface area contributed by atoms with Gasteiger partial charge >= 0.3 is 6.18 Å². The van der Waals surface area contributed by atoms with Gasteiger partial charge in [-0.25, -0.2) is 0 Å². The zero-order chi connectivity index (χ0) is 27.7. The minimum Gasteiger partial charge on any atom is -0.493 e. The molecule has 1 aliphatic heterocycles. The van der Waals surface area contributed by atoms with Gasteiger partial charge in [0, 0.05) is 38.2 Å². The van der Waals surface area contributed by atoms with Crippen molar-refractivity contribution in [3.05, 3.63) is 64.7 Å². The normalized spacial score (nSPS) is 19.0. The minimum atomic E-state index is -5.14. The molecule has 1 unspecified atom stereocenters. The van der Waals surface area contributed by atoms with E-state index in [9.17, 15) is 27.9 Å². The summed E-state index contributed by atoms with van der Waals surface area (Å²) >= 11 is 6.28. The van der Waals surface area contributed by atoms with Crippen LogP contribution in [0.2, 0.25) is 5.02 Å². The monoisotopic (exact) mass is 552 g/mol. The summed E-state index contributed by atoms with van der Waals surface area (Å²) in [6.45, 7) is 0.788. The molecule has 1 saturated carbocycles. The highest BCUT2D eigenvalue weighted by atomic mass is 35.5. The number of hydrogen-bond donors (Lipinski definition) is 1. The smallest absolute Gasteiger partial charge is 0.430 e. The maximum Gasteiger partial charge on any atom is 0.430 e. The molecule has 38 heavy (non-hydrogen) atoms. The third-order valence-corrected chi connectivity index (χ3v) is 7.93. The first kappa shape index (κ1) is 28.2. The van der Waals surface area contributed by atoms with E-state index in [2.05, 4.69) is 0 Å². The van der Waals surface area contributed by atoms with Crippen molar-refractivity contribution in [1.29, 1.82) is 0 Å². The van der Waals surface area contributed by atoms with Gasteiger partial charge in [-0.3, -0.25) is 9.59 Å². The van der Waals surface area contributed by atoms with Crippen LogP contribution in [0.15, 0.2) is 48.5 Å². The number of ether oxygens (including phenoxy) is 1. The lowest BCUT2D eigenvalue weighted by Gasteiger charge is -2.39. The Morgan fingerprint density at radius 1 is 1.11 bits per heavy atom. The molecule has 2 amide bonds. The summed E-state index contributed by atoms with van der Waals surface area (Å²) in [5.74, 6) is -0.705. The predicted molar refractivity (Wildman–Crippen MR) is 137 cm³/mol. The Bertz CT molecular complexity index is 1160. The van der Waals surface area contributed by atoms with E-state index in [1.165, 1.54) is 23.1 Å². The van der Waals surface area contributed by atoms with Crippen LogP contribution in [0.4, 0.5) is 13.2 Å². The lowest BCUT2D eigenvalue weighted by atomic mass is 9.84. The fourth-order valence-corrected chi connectivity index (χ4v) is 5.34. The van der Waals surface area contributed by atoms with Crippen LogP contribution < -0.4 is 4.74 Å². The van der Waals surface area contributed by atoms with Crippen molar-refractivity contribution in [2.45, 2.75) is 43.9 Å². The number of piperidine rings is 1. The Balaban J connectivity index is 1.33. The van der Waals surface area contributed by atoms with E-state index in [1.54, 1.807) is 32.3 Å². The fourth-order valence-electron chi connectivity index (χ4n) is 5.09. The first-order valence-electron chi connectivity index (χ1n) is 12.6. The highest BCUT2D eigenvalue weighted by Gasteiger charge is 2.62. The number of aliphatic hydroxyl groups is 1. The van der Waals surface area contributed by atoms with Crippen molar-refractivity contribution < 1.29 is 32.6 Å². The maximum absolute atomic E-state index is 13.9. The highest BCUT2D eigenvalue weighted by Crippen LogP contribution is 2.52. The molecule has 2 aliphatic rings. The third kappa shape index (κ3) is 5.78. The number of nitrogens with zero attached hydrogens (tertiary/aromatic N) is 2. The largest absolute Gasteiger partial charge is 0.493 e. The lowest BCUT2D eigenvalue weighted by molar-refractivity contribution is -0.262. The van der Waals surface area contributed by atoms with Crippen molar-refractivity contribution in [3.63, 3.8) is 0 Å². The van der Waals surface area contributed by atoms with Crippen LogP contribution in [-0.4, -0.2) is 66.7 Å². The number of hydrogen-bond acceptors (Lipinski definition) is 4. The van der Waals surface area contributed by atoms with Gasteiger partial charge in [0.1, 0.15) is 5.75 Å². The molecule has 1 atom stereocenters. The zero-order valence-electron chi connectivity index (χ0n) is 21.4. The molecule has 2 aromatic rings. The molecule has 1 heterocycles. The van der Waals surface area contributed by atoms with Gasteiger partial charge in [0.05, 0.1) is 17.2 Å². The van der Waals surface area contributed by atoms with Gasteiger partial charge in [-0.1, -0.05) is 41.9 Å². The van der Waals surface area contributed by atoms with Gasteiger partial charge in [-0.2, -0.15) is 13.2 Å². The number of likely N-dealkylation sites (tertiary alicyclic amines) is 1. The molecule has 0 bridgehead atoms. The van der Waals surface area contributed by atoms with Gasteiger partial charge in [-0.05, 0) is 56.2 Å². The molecule has 1 aliphatic carbocycles. The molecule has 0 radical (unpaired) electrons. The Kier molecular flexibility index (Phi) is 8.00. The third-order valence-electron chi connectivity index (χ3n) is 7.61. The average molecular weight is 553 g/mol. The molecular weight excluding hydrogens is 521 g/mol. The van der Waals surface area contributed by atoms with E-state index in [4.69, 9.17) is 16.3 Å². The molecule has 10 heteroatoms. The van der Waals surface area contributed by atoms with E-state index in [1.807, 2.05) is 0 Å². The number of rotatable bonds is 8. The molecule has 2 fully saturated rings. The molecule has 6 nitrogen and oxygen atoms in total. The molecule has 1 N–H and O–H groups in total. The molecule has 2 aromatic carbocycles. The van der Waals surface area contributed by atoms with E-state index >= 15 is 0 Å². The van der Waals surface area contributed by atoms with Crippen LogP contribution in [0.5, 0.6) is 5.75 Å². The summed E-state index contributed by atoms with van der Waals surface area (Å²) in [7, 11) is 3.31. The second-order valence-corrected chi connectivity index (χ2v) is 11.1. The summed E-state index contributed by atoms with van der Waals surface area (Å²) in [5, 5.41) is 10.9. The maximum atomic E-state index is 13.9. The number of carbonyl (C=O) groups excluding carboxylic acids is 2. The van der Waals surface area contributed by atoms with E-state index in [0.29, 0.717) is 35.8 Å². The first-order valence-corrected chi connectivity index (χ1v) is 13.0. The summed E-state index contributed by atoms with van der Waals surface area (Å²) in [6.07, 6.45) is -1.20. The number of carbonyl (C=O) groups is 2. The van der Waals surface area contributed by atoms with Gasteiger partial charge in [-0.15, -0.1) is 0 Å². The van der Waals surface area contributed by atoms with E-state index in [-0.39, 0.29) is 30.3 Å². The van der Waals surface area contributed by atoms with Gasteiger partial charge < -0.3 is 19.6 Å². The van der Waals surface area contributed by atoms with E-state index in [0.717, 1.165) is 36.3 Å². The average Bonchev–Trinajstić information content (AvgIpc) is 3.66. The molecular formula is C28H32ClF3N2O4. The van der Waals surface area contributed by atoms with Crippen LogP contribution in [0.1, 0.15) is 48.0 Å². The Morgan fingerprint density at radius 2 is 1.74 bits per heavy atom. The van der Waals surface area contributed by atoms with E-state index < -0.39 is 23.2 Å². The van der Waals surface area contributed by atoms with Gasteiger partial charge in [0.15, 0.2) is 0 Å². The minimum absolute atomic E-state index is 0.0157. The Morgan fingerprint density at radius 3 is 2.26 bits per heavy atom. The van der Waals surface area contributed by atoms with Crippen LogP contribution >= 0.6 is 11.6 Å². The van der Waals surface area contributed by atoms with Crippen molar-refractivity contribution in [2.24, 2.45) is 11.3 Å². The quantitative estimate of drug-likeness (QED) is 0.484. The molecule has 206 valence electrons. The second kappa shape index (κ2) is 10.8. The standard InChI is InChI=1S/C28H32ClF3N2O4/c1-33(2)24(35)22-9-8-21(16-23(22)29)38-18-26(12-13-26)17-19-10-14-34(15-11-19)25(36)27(37,28(30,31)32)20-6-4-3-5-7-20/h3-9,16,19,37H,10-15,17-18H2,1-2H3. The highest BCUT2D eigenvalue weighted by molar-refractivity contribution is 6.34. The Labute approximate surface area is 225 Å². The summed E-state index contributed by atoms with van der Waals surface area (Å²) < 4.78 is 47.7. The second-order valence-electron chi connectivity index (χ2n) is 10.6.